The van der Waals surface area contributed by atoms with Crippen molar-refractivity contribution in [3.63, 3.8) is 0 Å². The molecule has 15 heteroatoms. The summed E-state index contributed by atoms with van der Waals surface area (Å²) in [4.78, 5) is 49.2. The fourth-order valence-electron chi connectivity index (χ4n) is 5.72. The maximum atomic E-state index is 12.8. The highest BCUT2D eigenvalue weighted by Crippen LogP contribution is 2.34. The second-order valence-corrected chi connectivity index (χ2v) is 13.2. The van der Waals surface area contributed by atoms with Gasteiger partial charge in [-0.25, -0.2) is 28.2 Å². The molecule has 4 N–H and O–H groups in total. The molecule has 0 saturated carbocycles. The van der Waals surface area contributed by atoms with E-state index < -0.39 is 27.5 Å². The number of aryl methyl sites for hydroxylation is 1. The van der Waals surface area contributed by atoms with E-state index in [1.807, 2.05) is 24.0 Å². The lowest BCUT2D eigenvalue weighted by Gasteiger charge is -2.45. The van der Waals surface area contributed by atoms with Crippen molar-refractivity contribution in [3.05, 3.63) is 65.9 Å². The summed E-state index contributed by atoms with van der Waals surface area (Å²) in [6.07, 6.45) is 5.33. The molecule has 0 radical (unpaired) electrons. The Kier molecular flexibility index (Phi) is 7.37. The van der Waals surface area contributed by atoms with Gasteiger partial charge in [0, 0.05) is 49.2 Å². The Balaban J connectivity index is 1.17. The maximum absolute atomic E-state index is 12.8. The van der Waals surface area contributed by atoms with Crippen LogP contribution >= 0.6 is 0 Å². The number of rotatable bonds is 6. The summed E-state index contributed by atoms with van der Waals surface area (Å²) in [5.74, 6) is -0.00847. The molecular weight excluding hydrogens is 586 g/mol. The molecule has 6 rings (SSSR count). The number of carbonyl (C=O) groups excluding carboxylic acids is 2. The Morgan fingerprint density at radius 2 is 1.93 bits per heavy atom. The average Bonchev–Trinajstić information content (AvgIpc) is 3.29. The van der Waals surface area contributed by atoms with Gasteiger partial charge >= 0.3 is 6.03 Å². The number of piperidine rings is 1. The maximum Gasteiger partial charge on any atom is 0.317 e. The number of aliphatic hydroxyl groups is 1. The van der Waals surface area contributed by atoms with E-state index in [1.165, 1.54) is 12.3 Å². The van der Waals surface area contributed by atoms with Gasteiger partial charge in [-0.1, -0.05) is 6.92 Å². The van der Waals surface area contributed by atoms with Crippen LogP contribution in [0.25, 0.3) is 22.3 Å². The lowest BCUT2D eigenvalue weighted by Crippen LogP contribution is -2.62. The molecule has 2 aliphatic heterocycles. The van der Waals surface area contributed by atoms with Gasteiger partial charge in [0.05, 0.1) is 50.8 Å². The van der Waals surface area contributed by atoms with E-state index in [2.05, 4.69) is 30.9 Å². The predicted octanol–water partition coefficient (Wildman–Crippen LogP) is 1.34. The first-order valence-electron chi connectivity index (χ1n) is 14.0. The van der Waals surface area contributed by atoms with Gasteiger partial charge in [0.2, 0.25) is 5.95 Å². The third kappa shape index (κ3) is 5.51. The number of sulfone groups is 1. The molecule has 4 aromatic heterocycles. The van der Waals surface area contributed by atoms with Crippen LogP contribution in [0.2, 0.25) is 0 Å². The fraction of sp³-hybridized carbons (Fsp3) is 0.345. The molecule has 4 aromatic rings. The Hall–Kier alpha value is -4.76. The molecule has 6 heterocycles. The van der Waals surface area contributed by atoms with Crippen molar-refractivity contribution < 1.29 is 23.1 Å². The molecule has 2 saturated heterocycles. The molecular formula is C29H31N9O5S. The molecule has 0 aromatic carbocycles. The van der Waals surface area contributed by atoms with Crippen LogP contribution in [0.15, 0.2) is 53.8 Å². The van der Waals surface area contributed by atoms with Crippen molar-refractivity contribution >= 4 is 38.6 Å². The number of urea groups is 1. The molecule has 14 nitrogen and oxygen atoms in total. The lowest BCUT2D eigenvalue weighted by atomic mass is 9.78. The zero-order valence-electron chi connectivity index (χ0n) is 24.3. The smallest absolute Gasteiger partial charge is 0.317 e. The quantitative estimate of drug-likeness (QED) is 0.244. The Morgan fingerprint density at radius 3 is 2.66 bits per heavy atom. The van der Waals surface area contributed by atoms with Crippen LogP contribution in [0.3, 0.4) is 0 Å². The van der Waals surface area contributed by atoms with E-state index in [-0.39, 0.29) is 29.0 Å². The molecule has 44 heavy (non-hydrogen) atoms. The average molecular weight is 618 g/mol. The van der Waals surface area contributed by atoms with Gasteiger partial charge in [0.15, 0.2) is 16.1 Å². The number of pyridine rings is 3. The van der Waals surface area contributed by atoms with E-state index in [0.717, 1.165) is 11.6 Å². The highest BCUT2D eigenvalue weighted by atomic mass is 32.2. The van der Waals surface area contributed by atoms with Crippen molar-refractivity contribution in [1.29, 1.82) is 0 Å². The summed E-state index contributed by atoms with van der Waals surface area (Å²) in [5.41, 5.74) is 2.21. The van der Waals surface area contributed by atoms with E-state index in [4.69, 9.17) is 9.97 Å². The van der Waals surface area contributed by atoms with Crippen molar-refractivity contribution in [1.82, 2.24) is 40.9 Å². The number of hydrogen-bond donors (Lipinski definition) is 4. The number of anilines is 1. The number of hydrogen-bond acceptors (Lipinski definition) is 11. The first kappa shape index (κ1) is 29.3. The zero-order chi connectivity index (χ0) is 31.2. The molecule has 3 amide bonds. The van der Waals surface area contributed by atoms with Crippen LogP contribution in [-0.4, -0.2) is 81.5 Å². The summed E-state index contributed by atoms with van der Waals surface area (Å²) >= 11 is 0. The summed E-state index contributed by atoms with van der Waals surface area (Å²) in [7, 11) is -3.53. The third-order valence-corrected chi connectivity index (χ3v) is 9.43. The molecule has 0 aliphatic carbocycles. The van der Waals surface area contributed by atoms with E-state index in [1.54, 1.807) is 31.5 Å². The first-order chi connectivity index (χ1) is 20.9. The van der Waals surface area contributed by atoms with Crippen molar-refractivity contribution in [2.75, 3.05) is 24.2 Å². The predicted molar refractivity (Wildman–Crippen MR) is 160 cm³/mol. The molecule has 228 valence electrons. The lowest BCUT2D eigenvalue weighted by molar-refractivity contribution is 0.0351. The Labute approximate surface area is 253 Å². The number of nitrogens with one attached hydrogen (secondary N) is 3. The number of carbonyl (C=O) groups is 2. The van der Waals surface area contributed by atoms with Gasteiger partial charge in [0.25, 0.3) is 5.91 Å². The number of aromatic nitrogens is 5. The Bertz CT molecular complexity index is 1900. The van der Waals surface area contributed by atoms with Crippen molar-refractivity contribution in [2.24, 2.45) is 5.92 Å². The molecule has 2 unspecified atom stereocenters. The van der Waals surface area contributed by atoms with Crippen LogP contribution in [-0.2, 0) is 16.4 Å². The minimum Gasteiger partial charge on any atom is -0.371 e. The third-order valence-electron chi connectivity index (χ3n) is 8.22. The van der Waals surface area contributed by atoms with Gasteiger partial charge in [0.1, 0.15) is 0 Å². The van der Waals surface area contributed by atoms with Crippen LogP contribution in [0.4, 0.5) is 10.7 Å². The van der Waals surface area contributed by atoms with Gasteiger partial charge in [-0.15, -0.1) is 0 Å². The SMILES string of the molecule is Cc1ncc(C(=O)NCc2cc3nc(-c4ccnc(N5CCC6(NC(=O)NC6O)[C@H](C)C5)n4)ccc3cn2)cc1S(C)(=O)=O. The molecule has 0 bridgehead atoms. The minimum atomic E-state index is -3.53. The van der Waals surface area contributed by atoms with E-state index in [0.29, 0.717) is 53.8 Å². The second-order valence-electron chi connectivity index (χ2n) is 11.2. The summed E-state index contributed by atoms with van der Waals surface area (Å²) in [5, 5.41) is 19.5. The summed E-state index contributed by atoms with van der Waals surface area (Å²) in [6.45, 7) is 4.75. The van der Waals surface area contributed by atoms with Crippen LogP contribution in [0.5, 0.6) is 0 Å². The largest absolute Gasteiger partial charge is 0.371 e. The van der Waals surface area contributed by atoms with Crippen LogP contribution in [0.1, 0.15) is 35.1 Å². The zero-order valence-corrected chi connectivity index (χ0v) is 25.1. The van der Waals surface area contributed by atoms with Gasteiger partial charge < -0.3 is 26.0 Å². The van der Waals surface area contributed by atoms with E-state index >= 15 is 0 Å². The molecule has 3 atom stereocenters. The normalized spacial score (nSPS) is 21.7. The number of fused-ring (bicyclic) bond motifs is 1. The minimum absolute atomic E-state index is 0.00992. The van der Waals surface area contributed by atoms with Crippen molar-refractivity contribution in [2.45, 2.75) is 43.5 Å². The van der Waals surface area contributed by atoms with Gasteiger partial charge in [-0.3, -0.25) is 14.8 Å². The molecule has 1 spiro atoms. The first-order valence-corrected chi connectivity index (χ1v) is 15.9. The number of aliphatic hydroxyl groups excluding tert-OH is 1. The number of nitrogens with zero attached hydrogens (tertiary/aromatic N) is 6. The van der Waals surface area contributed by atoms with Crippen LogP contribution < -0.4 is 20.9 Å². The summed E-state index contributed by atoms with van der Waals surface area (Å²) < 4.78 is 24.0. The topological polar surface area (TPSA) is 192 Å². The monoisotopic (exact) mass is 617 g/mol. The highest BCUT2D eigenvalue weighted by molar-refractivity contribution is 7.90. The summed E-state index contributed by atoms with van der Waals surface area (Å²) in [6, 6.07) is 8.25. The van der Waals surface area contributed by atoms with Gasteiger partial charge in [-0.05, 0) is 43.7 Å². The van der Waals surface area contributed by atoms with Gasteiger partial charge in [-0.2, -0.15) is 0 Å². The Morgan fingerprint density at radius 1 is 1.14 bits per heavy atom. The van der Waals surface area contributed by atoms with Crippen molar-refractivity contribution in [3.8, 4) is 11.4 Å². The van der Waals surface area contributed by atoms with Crippen LogP contribution in [0, 0.1) is 12.8 Å². The second kappa shape index (κ2) is 11.1. The standard InChI is InChI=1S/C29H31N9O5S/c1-16-15-38(9-7-29(16)26(40)36-28(41)37-29)27-30-8-6-22(35-27)21-5-4-18-12-32-20(11-23(18)34-21)14-33-25(39)19-10-24(44(3,42)43)17(2)31-13-19/h4-6,8,10-13,16,26,40H,7,9,14-15H2,1-3H3,(H,33,39)(H2,36,37,41)/t16-,26?,29?/m1/s1. The van der Waals surface area contributed by atoms with E-state index in [9.17, 15) is 23.1 Å². The number of amides is 3. The highest BCUT2D eigenvalue weighted by Gasteiger charge is 2.52. The molecule has 2 aliphatic rings. The fourth-order valence-corrected chi connectivity index (χ4v) is 6.65. The molecule has 2 fully saturated rings.